The van der Waals surface area contributed by atoms with Crippen LogP contribution in [-0.2, 0) is 28.1 Å². The molecule has 0 amide bonds. The summed E-state index contributed by atoms with van der Waals surface area (Å²) in [6.07, 6.45) is -0.941. The minimum Gasteiger partial charge on any atom is -0.462 e. The Morgan fingerprint density at radius 1 is 1.37 bits per heavy atom. The van der Waals surface area contributed by atoms with Crippen LogP contribution in [0.15, 0.2) is 41.3 Å². The summed E-state index contributed by atoms with van der Waals surface area (Å²) in [7, 11) is -4.14. The van der Waals surface area contributed by atoms with Gasteiger partial charge in [-0.3, -0.25) is 13.9 Å². The average molecular weight is 514 g/mol. The van der Waals surface area contributed by atoms with Crippen molar-refractivity contribution in [2.45, 2.75) is 51.9 Å². The highest BCUT2D eigenvalue weighted by Crippen LogP contribution is 2.45. The number of carbonyl (C=O) groups is 1. The lowest BCUT2D eigenvalue weighted by Gasteiger charge is -2.24. The Bertz CT molecular complexity index is 1120. The van der Waals surface area contributed by atoms with Gasteiger partial charge in [0, 0.05) is 0 Å². The average Bonchev–Trinajstić information content (AvgIpc) is 3.29. The van der Waals surface area contributed by atoms with Crippen LogP contribution in [0.25, 0.3) is 0 Å². The standard InChI is InChI=1S/C21H28FN4O8P/c1-4-13(2)32-20(27)14(3)25-35(29,34-15-8-6-5-7-9-15)31-12-18-30-11-17(33-18)26-10-16(22)19(23)24-21(26)28/h5-10,13-14,17-18H,4,11-12H2,1-3H3,(H,25,29)(H2,23,24,28)/t13-,14+,17+,18+,35?/m1/s1. The maximum atomic E-state index is 13.7. The van der Waals surface area contributed by atoms with E-state index in [1.54, 1.807) is 37.3 Å². The van der Waals surface area contributed by atoms with Crippen molar-refractivity contribution in [2.24, 2.45) is 0 Å². The number of carbonyl (C=O) groups excluding carboxylic acids is 1. The molecule has 1 aliphatic heterocycles. The van der Waals surface area contributed by atoms with E-state index in [1.165, 1.54) is 6.92 Å². The largest absolute Gasteiger partial charge is 0.462 e. The quantitative estimate of drug-likeness (QED) is 0.336. The Hall–Kier alpha value is -2.83. The van der Waals surface area contributed by atoms with E-state index < -0.39 is 56.2 Å². The van der Waals surface area contributed by atoms with Crippen molar-refractivity contribution in [3.8, 4) is 5.75 Å². The fraction of sp³-hybridized carbons (Fsp3) is 0.476. The van der Waals surface area contributed by atoms with Gasteiger partial charge in [-0.1, -0.05) is 25.1 Å². The van der Waals surface area contributed by atoms with Crippen LogP contribution in [0.2, 0.25) is 0 Å². The zero-order valence-electron chi connectivity index (χ0n) is 19.5. The van der Waals surface area contributed by atoms with Crippen molar-refractivity contribution in [1.82, 2.24) is 14.6 Å². The highest BCUT2D eigenvalue weighted by Gasteiger charge is 2.36. The molecule has 0 bridgehead atoms. The van der Waals surface area contributed by atoms with E-state index in [9.17, 15) is 18.5 Å². The number of aromatic nitrogens is 2. The lowest BCUT2D eigenvalue weighted by molar-refractivity contribution is -0.150. The van der Waals surface area contributed by atoms with E-state index in [1.807, 2.05) is 6.92 Å². The molecule has 0 aliphatic carbocycles. The fourth-order valence-corrected chi connectivity index (χ4v) is 4.36. The molecule has 0 saturated carbocycles. The van der Waals surface area contributed by atoms with Gasteiger partial charge in [-0.05, 0) is 32.4 Å². The van der Waals surface area contributed by atoms with Crippen LogP contribution in [0.1, 0.15) is 33.4 Å². The molecule has 5 atom stereocenters. The summed E-state index contributed by atoms with van der Waals surface area (Å²) in [6, 6.07) is 7.19. The molecule has 192 valence electrons. The summed E-state index contributed by atoms with van der Waals surface area (Å²) >= 11 is 0. The van der Waals surface area contributed by atoms with Gasteiger partial charge in [-0.15, -0.1) is 0 Å². The Labute approximate surface area is 201 Å². The first-order valence-corrected chi connectivity index (χ1v) is 12.4. The third-order valence-corrected chi connectivity index (χ3v) is 6.57. The summed E-state index contributed by atoms with van der Waals surface area (Å²) in [4.78, 5) is 27.7. The van der Waals surface area contributed by atoms with Crippen molar-refractivity contribution in [3.63, 3.8) is 0 Å². The number of para-hydroxylation sites is 1. The number of benzene rings is 1. The Kier molecular flexibility index (Phi) is 8.98. The summed E-state index contributed by atoms with van der Waals surface area (Å²) in [5.41, 5.74) is 4.47. The number of ether oxygens (including phenoxy) is 3. The summed E-state index contributed by atoms with van der Waals surface area (Å²) in [6.45, 7) is 4.53. The predicted molar refractivity (Wildman–Crippen MR) is 122 cm³/mol. The Morgan fingerprint density at radius 2 is 2.09 bits per heavy atom. The first-order valence-electron chi connectivity index (χ1n) is 10.9. The van der Waals surface area contributed by atoms with Gasteiger partial charge < -0.3 is 24.5 Å². The number of halogens is 1. The van der Waals surface area contributed by atoms with Gasteiger partial charge in [-0.2, -0.15) is 10.1 Å². The molecule has 1 aromatic carbocycles. The number of hydrogen-bond acceptors (Lipinski definition) is 10. The van der Waals surface area contributed by atoms with Crippen LogP contribution in [0.4, 0.5) is 10.2 Å². The zero-order chi connectivity index (χ0) is 25.6. The summed E-state index contributed by atoms with van der Waals surface area (Å²) in [5.74, 6) is -1.83. The first-order chi connectivity index (χ1) is 16.6. The zero-order valence-corrected chi connectivity index (χ0v) is 20.4. The first kappa shape index (κ1) is 26.8. The van der Waals surface area contributed by atoms with Crippen LogP contribution >= 0.6 is 7.75 Å². The third-order valence-electron chi connectivity index (χ3n) is 4.92. The van der Waals surface area contributed by atoms with Crippen LogP contribution < -0.4 is 21.0 Å². The lowest BCUT2D eigenvalue weighted by atomic mass is 10.3. The van der Waals surface area contributed by atoms with Gasteiger partial charge in [0.1, 0.15) is 18.4 Å². The minimum absolute atomic E-state index is 0.131. The number of nitrogens with one attached hydrogen (secondary N) is 1. The molecule has 2 heterocycles. The molecule has 14 heteroatoms. The molecular formula is C21H28FN4O8P. The minimum atomic E-state index is -4.14. The molecule has 1 saturated heterocycles. The second kappa shape index (κ2) is 11.7. The number of nitrogen functional groups attached to an aromatic ring is 1. The molecule has 1 aliphatic rings. The molecule has 3 rings (SSSR count). The monoisotopic (exact) mass is 514 g/mol. The van der Waals surface area contributed by atoms with Gasteiger partial charge in [0.05, 0.1) is 18.9 Å². The van der Waals surface area contributed by atoms with Crippen LogP contribution in [0, 0.1) is 5.82 Å². The van der Waals surface area contributed by atoms with E-state index >= 15 is 0 Å². The van der Waals surface area contributed by atoms with E-state index in [-0.39, 0.29) is 18.5 Å². The highest BCUT2D eigenvalue weighted by molar-refractivity contribution is 7.52. The second-order valence-electron chi connectivity index (χ2n) is 7.72. The normalized spacial score (nSPS) is 21.1. The lowest BCUT2D eigenvalue weighted by Crippen LogP contribution is -2.37. The molecule has 1 aromatic heterocycles. The Balaban J connectivity index is 1.67. The van der Waals surface area contributed by atoms with Crippen molar-refractivity contribution < 1.29 is 37.0 Å². The van der Waals surface area contributed by atoms with Gasteiger partial charge in [0.2, 0.25) is 0 Å². The molecule has 35 heavy (non-hydrogen) atoms. The number of rotatable bonds is 11. The van der Waals surface area contributed by atoms with Crippen molar-refractivity contribution in [3.05, 3.63) is 52.8 Å². The SMILES string of the molecule is CC[C@@H](C)OC(=O)[C@H](C)NP(=O)(OC[C@H]1OC[C@@H](n2cc(F)c(N)nc2=O)O1)Oc1ccccc1. The number of hydrogen-bond donors (Lipinski definition) is 2. The van der Waals surface area contributed by atoms with Crippen molar-refractivity contribution in [2.75, 3.05) is 18.9 Å². The van der Waals surface area contributed by atoms with E-state index in [0.717, 1.165) is 10.8 Å². The molecular weight excluding hydrogens is 486 g/mol. The smallest absolute Gasteiger partial charge is 0.459 e. The molecule has 3 N–H and O–H groups in total. The van der Waals surface area contributed by atoms with Gasteiger partial charge in [0.15, 0.2) is 24.2 Å². The number of nitrogens with two attached hydrogens (primary N) is 1. The molecule has 1 unspecified atom stereocenters. The highest BCUT2D eigenvalue weighted by atomic mass is 31.2. The van der Waals surface area contributed by atoms with Gasteiger partial charge in [0.25, 0.3) is 0 Å². The van der Waals surface area contributed by atoms with E-state index in [2.05, 4.69) is 10.1 Å². The second-order valence-corrected chi connectivity index (χ2v) is 9.42. The van der Waals surface area contributed by atoms with Gasteiger partial charge >= 0.3 is 19.4 Å². The number of esters is 1. The fourth-order valence-electron chi connectivity index (χ4n) is 2.88. The van der Waals surface area contributed by atoms with Crippen LogP contribution in [0.3, 0.4) is 0 Å². The van der Waals surface area contributed by atoms with Crippen molar-refractivity contribution in [1.29, 1.82) is 0 Å². The summed E-state index contributed by atoms with van der Waals surface area (Å²) in [5, 5.41) is 2.56. The molecule has 1 fully saturated rings. The molecule has 0 radical (unpaired) electrons. The maximum Gasteiger partial charge on any atom is 0.459 e. The topological polar surface area (TPSA) is 153 Å². The van der Waals surface area contributed by atoms with Crippen LogP contribution in [0.5, 0.6) is 5.75 Å². The van der Waals surface area contributed by atoms with Crippen molar-refractivity contribution >= 4 is 19.5 Å². The summed E-state index contributed by atoms with van der Waals surface area (Å²) < 4.78 is 55.4. The Morgan fingerprint density at radius 3 is 2.77 bits per heavy atom. The number of nitrogens with zero attached hydrogens (tertiary/aromatic N) is 2. The molecule has 12 nitrogen and oxygen atoms in total. The van der Waals surface area contributed by atoms with Gasteiger partial charge in [-0.25, -0.2) is 13.8 Å². The predicted octanol–water partition coefficient (Wildman–Crippen LogP) is 2.36. The number of anilines is 1. The van der Waals surface area contributed by atoms with Crippen LogP contribution in [-0.4, -0.2) is 47.2 Å². The van der Waals surface area contributed by atoms with E-state index in [0.29, 0.717) is 6.42 Å². The molecule has 2 aromatic rings. The third kappa shape index (κ3) is 7.33. The van der Waals surface area contributed by atoms with E-state index in [4.69, 9.17) is 29.0 Å². The maximum absolute atomic E-state index is 13.7. The molecule has 0 spiro atoms.